The van der Waals surface area contributed by atoms with Gasteiger partial charge in [-0.15, -0.1) is 11.3 Å². The van der Waals surface area contributed by atoms with Crippen LogP contribution < -0.4 is 10.6 Å². The molecule has 1 heterocycles. The van der Waals surface area contributed by atoms with Gasteiger partial charge in [-0.1, -0.05) is 23.8 Å². The number of urea groups is 1. The molecule has 1 aromatic heterocycles. The van der Waals surface area contributed by atoms with Crippen LogP contribution in [0.3, 0.4) is 0 Å². The van der Waals surface area contributed by atoms with E-state index < -0.39 is 0 Å². The van der Waals surface area contributed by atoms with Gasteiger partial charge in [-0.05, 0) is 19.4 Å². The monoisotopic (exact) mass is 305 g/mol. The minimum Gasteiger partial charge on any atom is -0.383 e. The van der Waals surface area contributed by atoms with Gasteiger partial charge in [0.25, 0.3) is 0 Å². The number of carbonyl (C=O) groups is 1. The van der Waals surface area contributed by atoms with E-state index >= 15 is 0 Å². The van der Waals surface area contributed by atoms with Crippen molar-refractivity contribution in [3.63, 3.8) is 0 Å². The first-order chi connectivity index (χ1) is 10.1. The molecule has 5 nitrogen and oxygen atoms in total. The van der Waals surface area contributed by atoms with Crippen LogP contribution in [-0.4, -0.2) is 31.3 Å². The Morgan fingerprint density at radius 3 is 2.90 bits per heavy atom. The highest BCUT2D eigenvalue weighted by Crippen LogP contribution is 2.27. The molecule has 112 valence electrons. The van der Waals surface area contributed by atoms with Gasteiger partial charge in [-0.2, -0.15) is 0 Å². The maximum atomic E-state index is 11.6. The maximum absolute atomic E-state index is 11.6. The summed E-state index contributed by atoms with van der Waals surface area (Å²) in [5.74, 6) is 0. The van der Waals surface area contributed by atoms with Gasteiger partial charge < -0.3 is 10.1 Å². The minimum absolute atomic E-state index is 0.270. The summed E-state index contributed by atoms with van der Waals surface area (Å²) < 4.78 is 4.87. The van der Waals surface area contributed by atoms with Crippen LogP contribution >= 0.6 is 11.3 Å². The summed E-state index contributed by atoms with van der Waals surface area (Å²) in [6.07, 6.45) is 0. The number of ether oxygens (including phenoxy) is 1. The first-order valence-corrected chi connectivity index (χ1v) is 7.55. The molecule has 0 aliphatic heterocycles. The molecular weight excluding hydrogens is 286 g/mol. The zero-order valence-electron chi connectivity index (χ0n) is 12.4. The number of nitrogens with one attached hydrogen (secondary N) is 2. The molecule has 2 N–H and O–H groups in total. The van der Waals surface area contributed by atoms with E-state index in [9.17, 15) is 4.79 Å². The Hall–Kier alpha value is -1.92. The third-order valence-corrected chi connectivity index (χ3v) is 3.73. The summed E-state index contributed by atoms with van der Waals surface area (Å²) in [4.78, 5) is 16.1. The van der Waals surface area contributed by atoms with E-state index in [2.05, 4.69) is 47.7 Å². The topological polar surface area (TPSA) is 63.2 Å². The summed E-state index contributed by atoms with van der Waals surface area (Å²) in [6, 6.07) is 5.97. The maximum Gasteiger partial charge on any atom is 0.321 e. The van der Waals surface area contributed by atoms with E-state index in [1.54, 1.807) is 7.11 Å². The number of aromatic nitrogens is 1. The van der Waals surface area contributed by atoms with Gasteiger partial charge in [0.1, 0.15) is 0 Å². The fourth-order valence-corrected chi connectivity index (χ4v) is 2.67. The number of hydrogen-bond acceptors (Lipinski definition) is 4. The Labute approximate surface area is 128 Å². The van der Waals surface area contributed by atoms with Crippen LogP contribution in [0.2, 0.25) is 0 Å². The molecule has 2 amide bonds. The number of aryl methyl sites for hydroxylation is 2. The molecule has 0 atom stereocenters. The van der Waals surface area contributed by atoms with E-state index in [0.29, 0.717) is 18.3 Å². The molecule has 0 saturated heterocycles. The highest BCUT2D eigenvalue weighted by Gasteiger charge is 2.09. The van der Waals surface area contributed by atoms with Crippen molar-refractivity contribution in [1.29, 1.82) is 0 Å². The van der Waals surface area contributed by atoms with Crippen molar-refractivity contribution >= 4 is 22.5 Å². The van der Waals surface area contributed by atoms with Gasteiger partial charge in [0.15, 0.2) is 5.13 Å². The fourth-order valence-electron chi connectivity index (χ4n) is 1.96. The highest BCUT2D eigenvalue weighted by atomic mass is 32.1. The Morgan fingerprint density at radius 1 is 1.38 bits per heavy atom. The Morgan fingerprint density at radius 2 is 2.19 bits per heavy atom. The van der Waals surface area contributed by atoms with Gasteiger partial charge in [0.05, 0.1) is 12.3 Å². The number of amides is 2. The second-order valence-corrected chi connectivity index (χ2v) is 5.59. The number of rotatable bonds is 5. The summed E-state index contributed by atoms with van der Waals surface area (Å²) in [7, 11) is 1.59. The van der Waals surface area contributed by atoms with E-state index in [4.69, 9.17) is 4.74 Å². The van der Waals surface area contributed by atoms with E-state index in [-0.39, 0.29) is 6.03 Å². The van der Waals surface area contributed by atoms with Crippen LogP contribution in [-0.2, 0) is 4.74 Å². The number of thiazole rings is 1. The van der Waals surface area contributed by atoms with Crippen LogP contribution in [0.1, 0.15) is 11.1 Å². The average molecular weight is 305 g/mol. The molecule has 0 saturated carbocycles. The van der Waals surface area contributed by atoms with Crippen LogP contribution in [0.25, 0.3) is 11.3 Å². The molecule has 0 aliphatic rings. The van der Waals surface area contributed by atoms with Crippen LogP contribution in [0, 0.1) is 13.8 Å². The van der Waals surface area contributed by atoms with Crippen molar-refractivity contribution in [3.05, 3.63) is 34.7 Å². The Kier molecular flexibility index (Phi) is 5.30. The SMILES string of the molecule is COCCNC(=O)Nc1nc(-c2ccc(C)cc2C)cs1. The van der Waals surface area contributed by atoms with E-state index in [1.165, 1.54) is 22.5 Å². The summed E-state index contributed by atoms with van der Waals surface area (Å²) >= 11 is 1.41. The van der Waals surface area contributed by atoms with E-state index in [0.717, 1.165) is 11.3 Å². The molecular formula is C15H19N3O2S. The number of hydrogen-bond donors (Lipinski definition) is 2. The lowest BCUT2D eigenvalue weighted by Gasteiger charge is -2.05. The second-order valence-electron chi connectivity index (χ2n) is 4.73. The Bertz CT molecular complexity index is 625. The number of methoxy groups -OCH3 is 1. The molecule has 0 aliphatic carbocycles. The smallest absolute Gasteiger partial charge is 0.321 e. The first-order valence-electron chi connectivity index (χ1n) is 6.67. The first kappa shape index (κ1) is 15.5. The third-order valence-electron chi connectivity index (χ3n) is 2.97. The van der Waals surface area contributed by atoms with Gasteiger partial charge >= 0.3 is 6.03 Å². The zero-order chi connectivity index (χ0) is 15.2. The Balaban J connectivity index is 2.02. The van der Waals surface area contributed by atoms with Crippen LogP contribution in [0.15, 0.2) is 23.6 Å². The second kappa shape index (κ2) is 7.19. The molecule has 0 spiro atoms. The van der Waals surface area contributed by atoms with Gasteiger partial charge in [-0.25, -0.2) is 9.78 Å². The largest absolute Gasteiger partial charge is 0.383 e. The lowest BCUT2D eigenvalue weighted by atomic mass is 10.0. The van der Waals surface area contributed by atoms with Crippen LogP contribution in [0.4, 0.5) is 9.93 Å². The standard InChI is InChI=1S/C15H19N3O2S/c1-10-4-5-12(11(2)8-10)13-9-21-15(17-13)18-14(19)16-6-7-20-3/h4-5,8-9H,6-7H2,1-3H3,(H2,16,17,18,19). The molecule has 2 rings (SSSR count). The van der Waals surface area contributed by atoms with Crippen molar-refractivity contribution in [2.24, 2.45) is 0 Å². The minimum atomic E-state index is -0.270. The molecule has 1 aromatic carbocycles. The fraction of sp³-hybridized carbons (Fsp3) is 0.333. The molecule has 2 aromatic rings. The van der Waals surface area contributed by atoms with Gasteiger partial charge in [0.2, 0.25) is 0 Å². The summed E-state index contributed by atoms with van der Waals surface area (Å²) in [5, 5.41) is 7.95. The molecule has 21 heavy (non-hydrogen) atoms. The quantitative estimate of drug-likeness (QED) is 0.834. The molecule has 6 heteroatoms. The third kappa shape index (κ3) is 4.27. The predicted molar refractivity (Wildman–Crippen MR) is 85.9 cm³/mol. The van der Waals surface area contributed by atoms with Crippen molar-refractivity contribution in [2.75, 3.05) is 25.6 Å². The average Bonchev–Trinajstić information content (AvgIpc) is 2.87. The lowest BCUT2D eigenvalue weighted by Crippen LogP contribution is -2.31. The van der Waals surface area contributed by atoms with Crippen molar-refractivity contribution < 1.29 is 9.53 Å². The van der Waals surface area contributed by atoms with Crippen molar-refractivity contribution in [2.45, 2.75) is 13.8 Å². The number of benzene rings is 1. The number of anilines is 1. The normalized spacial score (nSPS) is 10.4. The molecule has 0 fully saturated rings. The highest BCUT2D eigenvalue weighted by molar-refractivity contribution is 7.14. The molecule has 0 unspecified atom stereocenters. The molecule has 0 bridgehead atoms. The van der Waals surface area contributed by atoms with Crippen molar-refractivity contribution in [1.82, 2.24) is 10.3 Å². The van der Waals surface area contributed by atoms with Gasteiger partial charge in [-0.3, -0.25) is 5.32 Å². The van der Waals surface area contributed by atoms with Gasteiger partial charge in [0, 0.05) is 24.6 Å². The van der Waals surface area contributed by atoms with Crippen LogP contribution in [0.5, 0.6) is 0 Å². The zero-order valence-corrected chi connectivity index (χ0v) is 13.2. The lowest BCUT2D eigenvalue weighted by molar-refractivity contribution is 0.198. The number of carbonyl (C=O) groups excluding carboxylic acids is 1. The van der Waals surface area contributed by atoms with E-state index in [1.807, 2.05) is 5.38 Å². The number of nitrogens with zero attached hydrogens (tertiary/aromatic N) is 1. The predicted octanol–water partition coefficient (Wildman–Crippen LogP) is 3.19. The summed E-state index contributed by atoms with van der Waals surface area (Å²) in [6.45, 7) is 5.08. The summed E-state index contributed by atoms with van der Waals surface area (Å²) in [5.41, 5.74) is 4.37. The van der Waals surface area contributed by atoms with Crippen molar-refractivity contribution in [3.8, 4) is 11.3 Å². The molecule has 0 radical (unpaired) electrons.